The summed E-state index contributed by atoms with van der Waals surface area (Å²) in [6.07, 6.45) is 3.12. The summed E-state index contributed by atoms with van der Waals surface area (Å²) in [5, 5.41) is 8.56. The SMILES string of the molecule is C/C(=C\CN(C)CCCC(=O)O)c1ccccc1. The molecule has 1 aromatic carbocycles. The van der Waals surface area contributed by atoms with Crippen molar-refractivity contribution in [2.75, 3.05) is 20.1 Å². The van der Waals surface area contributed by atoms with Crippen LogP contribution in [-0.4, -0.2) is 36.1 Å². The normalized spacial score (nSPS) is 11.8. The van der Waals surface area contributed by atoms with E-state index in [9.17, 15) is 4.79 Å². The van der Waals surface area contributed by atoms with E-state index < -0.39 is 5.97 Å². The lowest BCUT2D eigenvalue weighted by molar-refractivity contribution is -0.137. The first-order valence-electron chi connectivity index (χ1n) is 6.22. The molecule has 1 N–H and O–H groups in total. The molecule has 0 spiro atoms. The van der Waals surface area contributed by atoms with Gasteiger partial charge in [-0.2, -0.15) is 0 Å². The molecule has 0 fully saturated rings. The van der Waals surface area contributed by atoms with Crippen LogP contribution in [0.25, 0.3) is 5.57 Å². The number of aliphatic carboxylic acids is 1. The molecule has 0 heterocycles. The first kappa shape index (κ1) is 14.5. The van der Waals surface area contributed by atoms with Crippen molar-refractivity contribution in [2.24, 2.45) is 0 Å². The maximum Gasteiger partial charge on any atom is 0.303 e. The molecule has 0 saturated heterocycles. The van der Waals surface area contributed by atoms with Crippen LogP contribution < -0.4 is 0 Å². The standard InChI is InChI=1S/C15H21NO2/c1-13(14-7-4-3-5-8-14)10-12-16(2)11-6-9-15(17)18/h3-5,7-8,10H,6,9,11-12H2,1-2H3,(H,17,18)/b13-10+. The smallest absolute Gasteiger partial charge is 0.303 e. The number of hydrogen-bond donors (Lipinski definition) is 1. The minimum Gasteiger partial charge on any atom is -0.481 e. The van der Waals surface area contributed by atoms with Crippen molar-refractivity contribution < 1.29 is 9.90 Å². The van der Waals surface area contributed by atoms with E-state index in [0.29, 0.717) is 6.42 Å². The van der Waals surface area contributed by atoms with E-state index >= 15 is 0 Å². The topological polar surface area (TPSA) is 40.5 Å². The lowest BCUT2D eigenvalue weighted by Crippen LogP contribution is -2.20. The van der Waals surface area contributed by atoms with Crippen LogP contribution in [0.3, 0.4) is 0 Å². The molecule has 0 aliphatic heterocycles. The van der Waals surface area contributed by atoms with Crippen molar-refractivity contribution in [3.05, 3.63) is 42.0 Å². The number of carboxylic acids is 1. The van der Waals surface area contributed by atoms with Gasteiger partial charge in [0, 0.05) is 13.0 Å². The van der Waals surface area contributed by atoms with E-state index in [1.54, 1.807) is 0 Å². The van der Waals surface area contributed by atoms with Crippen molar-refractivity contribution in [3.8, 4) is 0 Å². The number of benzene rings is 1. The number of rotatable bonds is 7. The van der Waals surface area contributed by atoms with Crippen LogP contribution in [0.4, 0.5) is 0 Å². The summed E-state index contributed by atoms with van der Waals surface area (Å²) >= 11 is 0. The summed E-state index contributed by atoms with van der Waals surface area (Å²) < 4.78 is 0. The summed E-state index contributed by atoms with van der Waals surface area (Å²) in [6, 6.07) is 10.3. The van der Waals surface area contributed by atoms with Crippen molar-refractivity contribution in [1.82, 2.24) is 4.90 Å². The molecule has 98 valence electrons. The predicted molar refractivity (Wildman–Crippen MR) is 74.5 cm³/mol. The average Bonchev–Trinajstić information content (AvgIpc) is 2.36. The van der Waals surface area contributed by atoms with Gasteiger partial charge in [0.05, 0.1) is 0 Å². The second-order valence-corrected chi connectivity index (χ2v) is 4.51. The second kappa shape index (κ2) is 7.67. The van der Waals surface area contributed by atoms with E-state index in [0.717, 1.165) is 13.1 Å². The maximum atomic E-state index is 10.4. The molecule has 0 aliphatic carbocycles. The highest BCUT2D eigenvalue weighted by atomic mass is 16.4. The Kier molecular flexibility index (Phi) is 6.15. The summed E-state index contributed by atoms with van der Waals surface area (Å²) in [6.45, 7) is 3.76. The fourth-order valence-electron chi connectivity index (χ4n) is 1.70. The molecular formula is C15H21NO2. The molecule has 3 nitrogen and oxygen atoms in total. The number of hydrogen-bond acceptors (Lipinski definition) is 2. The fraction of sp³-hybridized carbons (Fsp3) is 0.400. The first-order chi connectivity index (χ1) is 8.59. The van der Waals surface area contributed by atoms with Gasteiger partial charge in [0.2, 0.25) is 0 Å². The monoisotopic (exact) mass is 247 g/mol. The van der Waals surface area contributed by atoms with Crippen LogP contribution >= 0.6 is 0 Å². The van der Waals surface area contributed by atoms with E-state index in [1.165, 1.54) is 11.1 Å². The fourth-order valence-corrected chi connectivity index (χ4v) is 1.70. The van der Waals surface area contributed by atoms with Crippen LogP contribution in [0, 0.1) is 0 Å². The van der Waals surface area contributed by atoms with Crippen LogP contribution in [0.1, 0.15) is 25.3 Å². The number of allylic oxidation sites excluding steroid dienone is 1. The molecule has 0 atom stereocenters. The third-order valence-corrected chi connectivity index (χ3v) is 2.87. The Balaban J connectivity index is 2.36. The van der Waals surface area contributed by atoms with Gasteiger partial charge < -0.3 is 10.0 Å². The Bertz CT molecular complexity index is 398. The average molecular weight is 247 g/mol. The summed E-state index contributed by atoms with van der Waals surface area (Å²) in [4.78, 5) is 12.5. The van der Waals surface area contributed by atoms with Crippen molar-refractivity contribution >= 4 is 11.5 Å². The number of carbonyl (C=O) groups is 1. The molecule has 0 saturated carbocycles. The highest BCUT2D eigenvalue weighted by Crippen LogP contribution is 2.12. The van der Waals surface area contributed by atoms with Crippen molar-refractivity contribution in [2.45, 2.75) is 19.8 Å². The van der Waals surface area contributed by atoms with Gasteiger partial charge in [-0.25, -0.2) is 0 Å². The molecular weight excluding hydrogens is 226 g/mol. The lowest BCUT2D eigenvalue weighted by Gasteiger charge is -2.14. The zero-order valence-corrected chi connectivity index (χ0v) is 11.1. The summed E-state index contributed by atoms with van der Waals surface area (Å²) in [7, 11) is 2.01. The molecule has 1 aromatic rings. The Morgan fingerprint density at radius 1 is 1.33 bits per heavy atom. The highest BCUT2D eigenvalue weighted by Gasteiger charge is 2.00. The van der Waals surface area contributed by atoms with Crippen LogP contribution in [-0.2, 0) is 4.79 Å². The molecule has 0 radical (unpaired) electrons. The first-order valence-corrected chi connectivity index (χ1v) is 6.22. The lowest BCUT2D eigenvalue weighted by atomic mass is 10.1. The number of carboxylic acid groups (broad SMARTS) is 1. The molecule has 1 rings (SSSR count). The van der Waals surface area contributed by atoms with E-state index in [4.69, 9.17) is 5.11 Å². The summed E-state index contributed by atoms with van der Waals surface area (Å²) in [5.74, 6) is -0.723. The van der Waals surface area contributed by atoms with Crippen molar-refractivity contribution in [3.63, 3.8) is 0 Å². The zero-order chi connectivity index (χ0) is 13.4. The van der Waals surface area contributed by atoms with Gasteiger partial charge >= 0.3 is 5.97 Å². The quantitative estimate of drug-likeness (QED) is 0.805. The Morgan fingerprint density at radius 2 is 2.00 bits per heavy atom. The molecule has 3 heteroatoms. The second-order valence-electron chi connectivity index (χ2n) is 4.51. The minimum absolute atomic E-state index is 0.242. The Morgan fingerprint density at radius 3 is 2.61 bits per heavy atom. The maximum absolute atomic E-state index is 10.4. The highest BCUT2D eigenvalue weighted by molar-refractivity contribution is 5.66. The molecule has 0 bridgehead atoms. The van der Waals surface area contributed by atoms with Crippen LogP contribution in [0.2, 0.25) is 0 Å². The van der Waals surface area contributed by atoms with Gasteiger partial charge in [0.15, 0.2) is 0 Å². The molecule has 0 unspecified atom stereocenters. The van der Waals surface area contributed by atoms with E-state index in [2.05, 4.69) is 30.0 Å². The van der Waals surface area contributed by atoms with Gasteiger partial charge in [-0.15, -0.1) is 0 Å². The van der Waals surface area contributed by atoms with Gasteiger partial charge in [0.25, 0.3) is 0 Å². The van der Waals surface area contributed by atoms with Gasteiger partial charge in [-0.05, 0) is 38.1 Å². The van der Waals surface area contributed by atoms with Crippen LogP contribution in [0.15, 0.2) is 36.4 Å². The number of nitrogens with zero attached hydrogens (tertiary/aromatic N) is 1. The molecule has 0 amide bonds. The van der Waals surface area contributed by atoms with E-state index in [1.807, 2.05) is 25.2 Å². The third kappa shape index (κ3) is 5.64. The van der Waals surface area contributed by atoms with Crippen LogP contribution in [0.5, 0.6) is 0 Å². The number of likely N-dealkylation sites (N-methyl/N-ethyl adjacent to an activating group) is 1. The zero-order valence-electron chi connectivity index (χ0n) is 11.1. The van der Waals surface area contributed by atoms with Gasteiger partial charge in [-0.1, -0.05) is 36.4 Å². The van der Waals surface area contributed by atoms with Crippen molar-refractivity contribution in [1.29, 1.82) is 0 Å². The minimum atomic E-state index is -0.723. The largest absolute Gasteiger partial charge is 0.481 e. The Labute approximate surface area is 109 Å². The van der Waals surface area contributed by atoms with E-state index in [-0.39, 0.29) is 6.42 Å². The predicted octanol–water partition coefficient (Wildman–Crippen LogP) is 2.89. The van der Waals surface area contributed by atoms with Gasteiger partial charge in [0.1, 0.15) is 0 Å². The Hall–Kier alpha value is -1.61. The molecule has 0 aromatic heterocycles. The van der Waals surface area contributed by atoms with Gasteiger partial charge in [-0.3, -0.25) is 4.79 Å². The molecule has 0 aliphatic rings. The molecule has 18 heavy (non-hydrogen) atoms. The third-order valence-electron chi connectivity index (χ3n) is 2.87. The summed E-state index contributed by atoms with van der Waals surface area (Å²) in [5.41, 5.74) is 2.48.